The first-order valence-corrected chi connectivity index (χ1v) is 13.6. The molecule has 0 radical (unpaired) electrons. The number of rotatable bonds is 3. The second-order valence-corrected chi connectivity index (χ2v) is 10.5. The summed E-state index contributed by atoms with van der Waals surface area (Å²) in [5, 5.41) is 7.58. The molecule has 0 aromatic heterocycles. The predicted octanol–water partition coefficient (Wildman–Crippen LogP) is 9.49. The number of fused-ring (bicyclic) bond motifs is 9. The molecule has 188 valence electrons. The van der Waals surface area contributed by atoms with Gasteiger partial charge >= 0.3 is 0 Å². The van der Waals surface area contributed by atoms with Gasteiger partial charge in [-0.25, -0.2) is 0 Å². The first-order chi connectivity index (χ1) is 19.8. The molecule has 8 rings (SSSR count). The second kappa shape index (κ2) is 8.65. The first kappa shape index (κ1) is 22.7. The molecule has 2 heteroatoms. The third kappa shape index (κ3) is 3.14. The van der Waals surface area contributed by atoms with Gasteiger partial charge in [-0.05, 0) is 74.3 Å². The van der Waals surface area contributed by atoms with Gasteiger partial charge in [0.15, 0.2) is 0 Å². The molecule has 2 nitrogen and oxygen atoms in total. The van der Waals surface area contributed by atoms with Crippen LogP contribution in [0.15, 0.2) is 140 Å². The van der Waals surface area contributed by atoms with Crippen LogP contribution in [0.4, 0.5) is 0 Å². The zero-order valence-corrected chi connectivity index (χ0v) is 21.8. The maximum Gasteiger partial charge on any atom is 0.132 e. The van der Waals surface area contributed by atoms with Gasteiger partial charge < -0.3 is 10.1 Å². The Morgan fingerprint density at radius 1 is 0.450 bits per heavy atom. The van der Waals surface area contributed by atoms with Gasteiger partial charge in [0.2, 0.25) is 0 Å². The highest BCUT2D eigenvalue weighted by atomic mass is 16.5. The van der Waals surface area contributed by atoms with Crippen molar-refractivity contribution >= 4 is 6.21 Å². The highest BCUT2D eigenvalue weighted by Crippen LogP contribution is 2.62. The summed E-state index contributed by atoms with van der Waals surface area (Å²) in [6.45, 7) is 0. The van der Waals surface area contributed by atoms with E-state index in [1.807, 2.05) is 12.1 Å². The monoisotopic (exact) mass is 511 g/mol. The van der Waals surface area contributed by atoms with Crippen molar-refractivity contribution in [1.29, 1.82) is 5.41 Å². The Kier molecular flexibility index (Phi) is 4.92. The van der Waals surface area contributed by atoms with Crippen LogP contribution in [0.1, 0.15) is 27.8 Å². The minimum atomic E-state index is -0.431. The molecule has 40 heavy (non-hydrogen) atoms. The van der Waals surface area contributed by atoms with Crippen molar-refractivity contribution in [3.63, 3.8) is 0 Å². The number of para-hydroxylation sites is 2. The first-order valence-electron chi connectivity index (χ1n) is 13.6. The van der Waals surface area contributed by atoms with Gasteiger partial charge in [0.25, 0.3) is 0 Å². The van der Waals surface area contributed by atoms with Crippen LogP contribution in [-0.2, 0) is 5.41 Å². The van der Waals surface area contributed by atoms with E-state index in [2.05, 4.69) is 127 Å². The molecule has 6 aromatic rings. The lowest BCUT2D eigenvalue weighted by molar-refractivity contribution is 0.436. The van der Waals surface area contributed by atoms with Gasteiger partial charge in [0.1, 0.15) is 11.5 Å². The van der Waals surface area contributed by atoms with E-state index in [0.717, 1.165) is 28.2 Å². The fourth-order valence-electron chi connectivity index (χ4n) is 6.70. The van der Waals surface area contributed by atoms with Crippen LogP contribution in [0.5, 0.6) is 11.5 Å². The summed E-state index contributed by atoms with van der Waals surface area (Å²) in [5.74, 6) is 1.83. The number of benzene rings is 6. The lowest BCUT2D eigenvalue weighted by atomic mass is 9.66. The molecule has 0 bridgehead atoms. The second-order valence-electron chi connectivity index (χ2n) is 10.5. The zero-order chi connectivity index (χ0) is 26.7. The Morgan fingerprint density at radius 2 is 1.00 bits per heavy atom. The Labute approximate surface area is 233 Å². The van der Waals surface area contributed by atoms with Crippen molar-refractivity contribution in [2.45, 2.75) is 5.41 Å². The Hall–Kier alpha value is -5.21. The average Bonchev–Trinajstić information content (AvgIpc) is 3.31. The van der Waals surface area contributed by atoms with E-state index in [1.54, 1.807) is 0 Å². The summed E-state index contributed by atoms with van der Waals surface area (Å²) in [6, 6.07) is 49.6. The zero-order valence-electron chi connectivity index (χ0n) is 21.8. The lowest BCUT2D eigenvalue weighted by Gasteiger charge is -2.39. The lowest BCUT2D eigenvalue weighted by Crippen LogP contribution is -2.32. The largest absolute Gasteiger partial charge is 0.457 e. The standard InChI is InChI=1S/C38H25NO/c39-24-25-8-7-9-28(22-25)26-16-18-27(19-17-26)29-20-21-33-31(23-29)30-10-1-2-11-32(30)38(33)34-12-3-5-14-36(34)40-37-15-6-4-13-35(37)38/h1-24,39H. The van der Waals surface area contributed by atoms with Crippen molar-refractivity contribution in [3.8, 4) is 44.9 Å². The van der Waals surface area contributed by atoms with Crippen LogP contribution >= 0.6 is 0 Å². The van der Waals surface area contributed by atoms with Gasteiger partial charge in [-0.3, -0.25) is 0 Å². The molecule has 6 aromatic carbocycles. The van der Waals surface area contributed by atoms with Crippen LogP contribution < -0.4 is 4.74 Å². The van der Waals surface area contributed by atoms with Crippen LogP contribution in [0.25, 0.3) is 33.4 Å². The van der Waals surface area contributed by atoms with Gasteiger partial charge in [0.05, 0.1) is 5.41 Å². The van der Waals surface area contributed by atoms with Crippen molar-refractivity contribution in [2.75, 3.05) is 0 Å². The van der Waals surface area contributed by atoms with Crippen molar-refractivity contribution in [3.05, 3.63) is 167 Å². The maximum atomic E-state index is 7.58. The fraction of sp³-hybridized carbons (Fsp3) is 0.0263. The quantitative estimate of drug-likeness (QED) is 0.235. The minimum absolute atomic E-state index is 0.431. The summed E-state index contributed by atoms with van der Waals surface area (Å²) in [4.78, 5) is 0. The van der Waals surface area contributed by atoms with Gasteiger partial charge in [-0.2, -0.15) is 0 Å². The molecule has 2 aliphatic rings. The molecule has 1 aliphatic heterocycles. The van der Waals surface area contributed by atoms with Gasteiger partial charge in [-0.1, -0.05) is 115 Å². The van der Waals surface area contributed by atoms with Crippen LogP contribution in [0.3, 0.4) is 0 Å². The number of nitrogens with one attached hydrogen (secondary N) is 1. The van der Waals surface area contributed by atoms with Crippen molar-refractivity contribution in [1.82, 2.24) is 0 Å². The van der Waals surface area contributed by atoms with Crippen LogP contribution in [0.2, 0.25) is 0 Å². The van der Waals surface area contributed by atoms with E-state index in [4.69, 9.17) is 10.1 Å². The van der Waals surface area contributed by atoms with E-state index < -0.39 is 5.41 Å². The Balaban J connectivity index is 1.31. The van der Waals surface area contributed by atoms with E-state index >= 15 is 0 Å². The molecule has 0 unspecified atom stereocenters. The normalized spacial score (nSPS) is 13.5. The summed E-state index contributed by atoms with van der Waals surface area (Å²) in [5.41, 5.74) is 12.6. The fourth-order valence-corrected chi connectivity index (χ4v) is 6.70. The highest BCUT2D eigenvalue weighted by molar-refractivity contribution is 5.90. The minimum Gasteiger partial charge on any atom is -0.457 e. The molecule has 0 amide bonds. The highest BCUT2D eigenvalue weighted by Gasteiger charge is 2.50. The molecular formula is C38H25NO. The molecule has 0 saturated carbocycles. The molecular weight excluding hydrogens is 486 g/mol. The summed E-state index contributed by atoms with van der Waals surface area (Å²) >= 11 is 0. The van der Waals surface area contributed by atoms with E-state index in [-0.39, 0.29) is 0 Å². The molecule has 1 spiro atoms. The number of hydrogen-bond donors (Lipinski definition) is 1. The molecule has 1 aliphatic carbocycles. The third-order valence-corrected chi connectivity index (χ3v) is 8.45. The van der Waals surface area contributed by atoms with E-state index in [1.165, 1.54) is 50.7 Å². The third-order valence-electron chi connectivity index (χ3n) is 8.45. The molecule has 0 atom stereocenters. The smallest absolute Gasteiger partial charge is 0.132 e. The molecule has 1 heterocycles. The summed E-state index contributed by atoms with van der Waals surface area (Å²) in [6.07, 6.45) is 1.39. The summed E-state index contributed by atoms with van der Waals surface area (Å²) < 4.78 is 6.44. The van der Waals surface area contributed by atoms with Crippen LogP contribution in [0, 0.1) is 5.41 Å². The molecule has 0 saturated heterocycles. The molecule has 0 fully saturated rings. The molecule has 1 N–H and O–H groups in total. The van der Waals surface area contributed by atoms with Crippen LogP contribution in [-0.4, -0.2) is 6.21 Å². The van der Waals surface area contributed by atoms with Gasteiger partial charge in [-0.15, -0.1) is 0 Å². The van der Waals surface area contributed by atoms with Crippen molar-refractivity contribution in [2.24, 2.45) is 0 Å². The maximum absolute atomic E-state index is 7.58. The average molecular weight is 512 g/mol. The Morgan fingerprint density at radius 3 is 1.68 bits per heavy atom. The topological polar surface area (TPSA) is 33.1 Å². The van der Waals surface area contributed by atoms with E-state index in [0.29, 0.717) is 0 Å². The van der Waals surface area contributed by atoms with Crippen molar-refractivity contribution < 1.29 is 4.74 Å². The number of ether oxygens (including phenoxy) is 1. The SMILES string of the molecule is N=Cc1cccc(-c2ccc(-c3ccc4c(c3)-c3ccccc3C43c4ccccc4Oc4ccccc43)cc2)c1. The van der Waals surface area contributed by atoms with Gasteiger partial charge in [0, 0.05) is 17.3 Å². The predicted molar refractivity (Wildman–Crippen MR) is 163 cm³/mol. The van der Waals surface area contributed by atoms with E-state index in [9.17, 15) is 0 Å². The summed E-state index contributed by atoms with van der Waals surface area (Å²) in [7, 11) is 0. The Bertz CT molecular complexity index is 1900. The number of hydrogen-bond acceptors (Lipinski definition) is 2.